The topological polar surface area (TPSA) is 27.7 Å². The predicted molar refractivity (Wildman–Crippen MR) is 93.8 cm³/mol. The van der Waals surface area contributed by atoms with Gasteiger partial charge in [0.2, 0.25) is 0 Å². The van der Waals surface area contributed by atoms with E-state index in [1.165, 1.54) is 29.5 Å². The zero-order valence-electron chi connectivity index (χ0n) is 15.4. The molecule has 23 heavy (non-hydrogen) atoms. The van der Waals surface area contributed by atoms with Crippen LogP contribution in [-0.2, 0) is 26.0 Å². The first-order valence-electron chi connectivity index (χ1n) is 8.99. The van der Waals surface area contributed by atoms with Crippen molar-refractivity contribution >= 4 is 0 Å². The maximum Gasteiger partial charge on any atom is 0.160 e. The lowest BCUT2D eigenvalue weighted by Crippen LogP contribution is -2.22. The van der Waals surface area contributed by atoms with Crippen LogP contribution in [0.4, 0.5) is 0 Å². The minimum atomic E-state index is -0.206. The van der Waals surface area contributed by atoms with Crippen molar-refractivity contribution in [2.24, 2.45) is 0 Å². The summed E-state index contributed by atoms with van der Waals surface area (Å²) < 4.78 is 17.4. The summed E-state index contributed by atoms with van der Waals surface area (Å²) in [6.07, 6.45) is 2.95. The number of aryl methyl sites for hydroxylation is 1. The summed E-state index contributed by atoms with van der Waals surface area (Å²) >= 11 is 0. The van der Waals surface area contributed by atoms with Gasteiger partial charge in [0.1, 0.15) is 0 Å². The molecule has 0 aliphatic heterocycles. The molecule has 0 radical (unpaired) electrons. The predicted octanol–water partition coefficient (Wildman–Crippen LogP) is 4.78. The fourth-order valence-corrected chi connectivity index (χ4v) is 3.46. The van der Waals surface area contributed by atoms with Gasteiger partial charge in [0.05, 0.1) is 6.10 Å². The molecule has 1 atom stereocenters. The lowest BCUT2D eigenvalue weighted by Gasteiger charge is -2.25. The van der Waals surface area contributed by atoms with Crippen molar-refractivity contribution in [2.75, 3.05) is 19.8 Å². The van der Waals surface area contributed by atoms with Crippen molar-refractivity contribution in [3.63, 3.8) is 0 Å². The van der Waals surface area contributed by atoms with Gasteiger partial charge in [-0.3, -0.25) is 0 Å². The smallest absolute Gasteiger partial charge is 0.160 e. The van der Waals surface area contributed by atoms with Gasteiger partial charge < -0.3 is 14.2 Å². The van der Waals surface area contributed by atoms with E-state index >= 15 is 0 Å². The summed E-state index contributed by atoms with van der Waals surface area (Å²) in [6.45, 7) is 12.7. The molecule has 0 heterocycles. The SMILES string of the molecule is CCOC(CC(OCC)c1ccc2c(c1)C(C)(C)CC2)OCC. The Labute approximate surface area is 141 Å². The molecule has 1 aromatic carbocycles. The summed E-state index contributed by atoms with van der Waals surface area (Å²) in [7, 11) is 0. The van der Waals surface area contributed by atoms with Crippen molar-refractivity contribution in [3.05, 3.63) is 34.9 Å². The van der Waals surface area contributed by atoms with Gasteiger partial charge in [-0.2, -0.15) is 0 Å². The number of ether oxygens (including phenoxy) is 3. The molecular formula is C20H32O3. The van der Waals surface area contributed by atoms with Crippen LogP contribution in [-0.4, -0.2) is 26.1 Å². The first-order chi connectivity index (χ1) is 11.0. The van der Waals surface area contributed by atoms with Gasteiger partial charge in [-0.05, 0) is 55.7 Å². The van der Waals surface area contributed by atoms with Crippen LogP contribution in [0.25, 0.3) is 0 Å². The number of hydrogen-bond acceptors (Lipinski definition) is 3. The highest BCUT2D eigenvalue weighted by Crippen LogP contribution is 2.40. The van der Waals surface area contributed by atoms with E-state index in [-0.39, 0.29) is 17.8 Å². The molecule has 130 valence electrons. The lowest BCUT2D eigenvalue weighted by molar-refractivity contribution is -0.158. The second kappa shape index (κ2) is 8.27. The minimum absolute atomic E-state index is 0.0183. The van der Waals surface area contributed by atoms with E-state index in [0.717, 1.165) is 6.42 Å². The molecule has 0 amide bonds. The third kappa shape index (κ3) is 4.56. The summed E-state index contributed by atoms with van der Waals surface area (Å²) in [5, 5.41) is 0. The molecule has 0 saturated carbocycles. The third-order valence-corrected chi connectivity index (χ3v) is 4.73. The normalized spacial score (nSPS) is 17.5. The van der Waals surface area contributed by atoms with E-state index in [2.05, 4.69) is 32.0 Å². The van der Waals surface area contributed by atoms with Crippen molar-refractivity contribution in [3.8, 4) is 0 Å². The number of fused-ring (bicyclic) bond motifs is 1. The maximum absolute atomic E-state index is 6.02. The highest BCUT2D eigenvalue weighted by Gasteiger charge is 2.31. The van der Waals surface area contributed by atoms with E-state index in [1.54, 1.807) is 0 Å². The molecule has 0 saturated heterocycles. The van der Waals surface area contributed by atoms with Gasteiger partial charge in [-0.15, -0.1) is 0 Å². The first kappa shape index (κ1) is 18.4. The molecule has 2 rings (SSSR count). The maximum atomic E-state index is 6.02. The number of benzene rings is 1. The Morgan fingerprint density at radius 2 is 1.65 bits per heavy atom. The lowest BCUT2D eigenvalue weighted by atomic mass is 9.85. The molecule has 1 unspecified atom stereocenters. The molecule has 0 aromatic heterocycles. The van der Waals surface area contributed by atoms with Crippen LogP contribution in [0.15, 0.2) is 18.2 Å². The monoisotopic (exact) mass is 320 g/mol. The Kier molecular flexibility index (Phi) is 6.63. The molecule has 3 nitrogen and oxygen atoms in total. The van der Waals surface area contributed by atoms with E-state index < -0.39 is 0 Å². The molecule has 1 aliphatic rings. The van der Waals surface area contributed by atoms with Crippen LogP contribution in [0.2, 0.25) is 0 Å². The zero-order chi connectivity index (χ0) is 16.9. The number of hydrogen-bond donors (Lipinski definition) is 0. The molecule has 0 N–H and O–H groups in total. The third-order valence-electron chi connectivity index (χ3n) is 4.73. The fraction of sp³-hybridized carbons (Fsp3) is 0.700. The molecule has 1 aliphatic carbocycles. The standard InChI is InChI=1S/C20H32O3/c1-6-21-18(14-19(22-7-2)23-8-3)16-10-9-15-11-12-20(4,5)17(15)13-16/h9-10,13,18-19H,6-8,11-12,14H2,1-5H3. The molecule has 3 heteroatoms. The summed E-state index contributed by atoms with van der Waals surface area (Å²) in [5.74, 6) is 0. The van der Waals surface area contributed by atoms with Gasteiger partial charge in [-0.1, -0.05) is 32.0 Å². The van der Waals surface area contributed by atoms with Crippen LogP contribution in [0.3, 0.4) is 0 Å². The Morgan fingerprint density at radius 1 is 1.00 bits per heavy atom. The van der Waals surface area contributed by atoms with Crippen molar-refractivity contribution in [2.45, 2.75) is 71.7 Å². The van der Waals surface area contributed by atoms with Gasteiger partial charge >= 0.3 is 0 Å². The van der Waals surface area contributed by atoms with Crippen molar-refractivity contribution in [1.29, 1.82) is 0 Å². The zero-order valence-corrected chi connectivity index (χ0v) is 15.4. The Balaban J connectivity index is 2.20. The van der Waals surface area contributed by atoms with Crippen molar-refractivity contribution < 1.29 is 14.2 Å². The molecule has 0 bridgehead atoms. The van der Waals surface area contributed by atoms with E-state index in [9.17, 15) is 0 Å². The van der Waals surface area contributed by atoms with Crippen LogP contribution in [0, 0.1) is 0 Å². The van der Waals surface area contributed by atoms with E-state index in [1.807, 2.05) is 20.8 Å². The van der Waals surface area contributed by atoms with Gasteiger partial charge in [0.25, 0.3) is 0 Å². The second-order valence-electron chi connectivity index (χ2n) is 6.82. The van der Waals surface area contributed by atoms with Crippen molar-refractivity contribution in [1.82, 2.24) is 0 Å². The largest absolute Gasteiger partial charge is 0.374 e. The summed E-state index contributed by atoms with van der Waals surface area (Å²) in [4.78, 5) is 0. The number of rotatable bonds is 9. The van der Waals surface area contributed by atoms with E-state index in [4.69, 9.17) is 14.2 Å². The summed E-state index contributed by atoms with van der Waals surface area (Å²) in [5.41, 5.74) is 4.47. The minimum Gasteiger partial charge on any atom is -0.374 e. The molecule has 0 spiro atoms. The highest BCUT2D eigenvalue weighted by molar-refractivity contribution is 5.41. The Hall–Kier alpha value is -0.900. The van der Waals surface area contributed by atoms with E-state index in [0.29, 0.717) is 19.8 Å². The van der Waals surface area contributed by atoms with Crippen LogP contribution in [0.5, 0.6) is 0 Å². The summed E-state index contributed by atoms with van der Waals surface area (Å²) in [6, 6.07) is 6.84. The Bertz CT molecular complexity index is 490. The second-order valence-corrected chi connectivity index (χ2v) is 6.82. The quantitative estimate of drug-likeness (QED) is 0.613. The van der Waals surface area contributed by atoms with Gasteiger partial charge in [0.15, 0.2) is 6.29 Å². The molecule has 0 fully saturated rings. The molecular weight excluding hydrogens is 288 g/mol. The highest BCUT2D eigenvalue weighted by atomic mass is 16.7. The van der Waals surface area contributed by atoms with Crippen LogP contribution >= 0.6 is 0 Å². The van der Waals surface area contributed by atoms with Gasteiger partial charge in [-0.25, -0.2) is 0 Å². The van der Waals surface area contributed by atoms with Crippen LogP contribution in [0.1, 0.15) is 70.3 Å². The average Bonchev–Trinajstić information content (AvgIpc) is 2.82. The Morgan fingerprint density at radius 3 is 2.26 bits per heavy atom. The van der Waals surface area contributed by atoms with Crippen LogP contribution < -0.4 is 0 Å². The fourth-order valence-electron chi connectivity index (χ4n) is 3.46. The average molecular weight is 320 g/mol. The first-order valence-corrected chi connectivity index (χ1v) is 8.99. The van der Waals surface area contributed by atoms with Gasteiger partial charge in [0, 0.05) is 26.2 Å². The molecule has 1 aromatic rings.